The monoisotopic (exact) mass is 442 g/mol. The summed E-state index contributed by atoms with van der Waals surface area (Å²) >= 11 is 0. The summed E-state index contributed by atoms with van der Waals surface area (Å²) in [5.74, 6) is -1.98. The number of hydrogen-bond acceptors (Lipinski definition) is 2. The molecule has 4 nitrogen and oxygen atoms in total. The average molecular weight is 442 g/mol. The van der Waals surface area contributed by atoms with Crippen LogP contribution >= 0.6 is 0 Å². The predicted molar refractivity (Wildman–Crippen MR) is 136 cm³/mol. The molecule has 0 aliphatic heterocycles. The molecule has 0 spiro atoms. The minimum Gasteiger partial charge on any atom is -0.478 e. The van der Waals surface area contributed by atoms with Gasteiger partial charge < -0.3 is 10.2 Å². The molecule has 2 N–H and O–H groups in total. The lowest BCUT2D eigenvalue weighted by molar-refractivity contribution is 0.0686. The van der Waals surface area contributed by atoms with Crippen LogP contribution in [0.1, 0.15) is 20.7 Å². The first-order chi connectivity index (χ1) is 16.5. The first kappa shape index (κ1) is 19.9. The van der Waals surface area contributed by atoms with Gasteiger partial charge in [0.1, 0.15) is 0 Å². The van der Waals surface area contributed by atoms with Gasteiger partial charge in [0.15, 0.2) is 0 Å². The Morgan fingerprint density at radius 3 is 1.24 bits per heavy atom. The molecule has 0 atom stereocenters. The molecule has 0 aromatic heterocycles. The van der Waals surface area contributed by atoms with Crippen LogP contribution in [0.25, 0.3) is 54.2 Å². The summed E-state index contributed by atoms with van der Waals surface area (Å²) in [4.78, 5) is 23.7. The number of benzene rings is 6. The minimum atomic E-state index is -0.989. The maximum atomic E-state index is 11.8. The molecule has 0 unspecified atom stereocenters. The van der Waals surface area contributed by atoms with Gasteiger partial charge in [-0.05, 0) is 90.6 Å². The van der Waals surface area contributed by atoms with E-state index < -0.39 is 11.9 Å². The van der Waals surface area contributed by atoms with Crippen molar-refractivity contribution in [2.24, 2.45) is 0 Å². The maximum absolute atomic E-state index is 11.8. The zero-order chi connectivity index (χ0) is 23.4. The van der Waals surface area contributed by atoms with E-state index in [0.29, 0.717) is 0 Å². The average Bonchev–Trinajstić information content (AvgIpc) is 2.85. The summed E-state index contributed by atoms with van der Waals surface area (Å²) in [6, 6.07) is 30.5. The zero-order valence-electron chi connectivity index (χ0n) is 17.9. The Morgan fingerprint density at radius 2 is 0.824 bits per heavy atom. The second kappa shape index (κ2) is 7.42. The molecule has 0 amide bonds. The highest BCUT2D eigenvalue weighted by Gasteiger charge is 2.18. The SMILES string of the molecule is O=C(O)c1ccc2cc3ccccc3c(-c3c4ccccc4cc4ccc(C(=O)O)cc34)c2c1. The Bertz CT molecular complexity index is 1680. The van der Waals surface area contributed by atoms with Crippen LogP contribution in [0.2, 0.25) is 0 Å². The van der Waals surface area contributed by atoms with Gasteiger partial charge in [-0.3, -0.25) is 0 Å². The summed E-state index contributed by atoms with van der Waals surface area (Å²) in [5, 5.41) is 26.9. The molecule has 6 aromatic carbocycles. The molecular weight excluding hydrogens is 424 g/mol. The molecule has 0 bridgehead atoms. The fourth-order valence-corrected chi connectivity index (χ4v) is 4.93. The van der Waals surface area contributed by atoms with Crippen molar-refractivity contribution in [1.29, 1.82) is 0 Å². The highest BCUT2D eigenvalue weighted by molar-refractivity contribution is 6.24. The maximum Gasteiger partial charge on any atom is 0.335 e. The van der Waals surface area contributed by atoms with Crippen LogP contribution in [0.3, 0.4) is 0 Å². The van der Waals surface area contributed by atoms with Crippen molar-refractivity contribution in [3.8, 4) is 11.1 Å². The summed E-state index contributed by atoms with van der Waals surface area (Å²) in [6.07, 6.45) is 0. The van der Waals surface area contributed by atoms with Gasteiger partial charge in [0.2, 0.25) is 0 Å². The Labute approximate surface area is 194 Å². The van der Waals surface area contributed by atoms with Crippen LogP contribution in [-0.4, -0.2) is 22.2 Å². The lowest BCUT2D eigenvalue weighted by atomic mass is 9.85. The van der Waals surface area contributed by atoms with Crippen molar-refractivity contribution >= 4 is 55.0 Å². The van der Waals surface area contributed by atoms with E-state index in [0.717, 1.165) is 54.2 Å². The Balaban J connectivity index is 1.91. The topological polar surface area (TPSA) is 74.6 Å². The smallest absolute Gasteiger partial charge is 0.335 e. The van der Waals surface area contributed by atoms with Crippen LogP contribution in [0.15, 0.2) is 97.1 Å². The lowest BCUT2D eigenvalue weighted by Crippen LogP contribution is -1.98. The van der Waals surface area contributed by atoms with E-state index in [1.54, 1.807) is 24.3 Å². The number of fused-ring (bicyclic) bond motifs is 4. The largest absolute Gasteiger partial charge is 0.478 e. The van der Waals surface area contributed by atoms with Crippen molar-refractivity contribution in [3.05, 3.63) is 108 Å². The van der Waals surface area contributed by atoms with Gasteiger partial charge in [-0.1, -0.05) is 60.7 Å². The molecule has 0 saturated heterocycles. The molecule has 34 heavy (non-hydrogen) atoms. The summed E-state index contributed by atoms with van der Waals surface area (Å²) in [5.41, 5.74) is 2.22. The Kier molecular flexibility index (Phi) is 4.36. The number of hydrogen-bond donors (Lipinski definition) is 2. The molecule has 6 aromatic rings. The number of carboxylic acids is 2. The van der Waals surface area contributed by atoms with Gasteiger partial charge in [0.25, 0.3) is 0 Å². The third-order valence-corrected chi connectivity index (χ3v) is 6.47. The second-order valence-corrected chi connectivity index (χ2v) is 8.43. The summed E-state index contributed by atoms with van der Waals surface area (Å²) < 4.78 is 0. The lowest BCUT2D eigenvalue weighted by Gasteiger charge is -2.18. The van der Waals surface area contributed by atoms with E-state index in [9.17, 15) is 19.8 Å². The minimum absolute atomic E-state index is 0.208. The first-order valence-electron chi connectivity index (χ1n) is 10.9. The molecule has 0 fully saturated rings. The van der Waals surface area contributed by atoms with Crippen LogP contribution in [0.4, 0.5) is 0 Å². The second-order valence-electron chi connectivity index (χ2n) is 8.43. The standard InChI is InChI=1S/C30H18O4/c31-29(32)21-11-9-19-13-17-5-1-3-7-23(17)27(25(19)15-21)28-24-8-4-2-6-18(24)14-20-10-12-22(30(33)34)16-26(20)28/h1-16H,(H,31,32)(H,33,34). The number of rotatable bonds is 3. The summed E-state index contributed by atoms with van der Waals surface area (Å²) in [7, 11) is 0. The molecule has 0 aliphatic rings. The van der Waals surface area contributed by atoms with Gasteiger partial charge in [0, 0.05) is 0 Å². The van der Waals surface area contributed by atoms with Crippen molar-refractivity contribution in [2.45, 2.75) is 0 Å². The number of carboxylic acid groups (broad SMARTS) is 2. The van der Waals surface area contributed by atoms with Gasteiger partial charge in [-0.15, -0.1) is 0 Å². The van der Waals surface area contributed by atoms with Crippen molar-refractivity contribution < 1.29 is 19.8 Å². The zero-order valence-corrected chi connectivity index (χ0v) is 17.9. The van der Waals surface area contributed by atoms with Gasteiger partial charge in [-0.2, -0.15) is 0 Å². The van der Waals surface area contributed by atoms with Gasteiger partial charge in [0.05, 0.1) is 11.1 Å². The highest BCUT2D eigenvalue weighted by Crippen LogP contribution is 2.44. The Hall–Kier alpha value is -4.70. The van der Waals surface area contributed by atoms with E-state index in [2.05, 4.69) is 12.1 Å². The van der Waals surface area contributed by atoms with E-state index in [1.165, 1.54) is 0 Å². The molecule has 162 valence electrons. The Morgan fingerprint density at radius 1 is 0.441 bits per heavy atom. The predicted octanol–water partition coefficient (Wildman–Crippen LogP) is 7.36. The van der Waals surface area contributed by atoms with Crippen LogP contribution in [0, 0.1) is 0 Å². The third kappa shape index (κ3) is 3.00. The summed E-state index contributed by atoms with van der Waals surface area (Å²) in [6.45, 7) is 0. The van der Waals surface area contributed by atoms with Crippen LogP contribution in [0.5, 0.6) is 0 Å². The fraction of sp³-hybridized carbons (Fsp3) is 0. The van der Waals surface area contributed by atoms with E-state index in [4.69, 9.17) is 0 Å². The highest BCUT2D eigenvalue weighted by atomic mass is 16.4. The number of aromatic carboxylic acids is 2. The fourth-order valence-electron chi connectivity index (χ4n) is 4.93. The van der Waals surface area contributed by atoms with Crippen LogP contribution in [-0.2, 0) is 0 Å². The molecule has 0 radical (unpaired) electrons. The first-order valence-corrected chi connectivity index (χ1v) is 10.9. The van der Waals surface area contributed by atoms with Crippen molar-refractivity contribution in [1.82, 2.24) is 0 Å². The van der Waals surface area contributed by atoms with Gasteiger partial charge >= 0.3 is 11.9 Å². The molecule has 0 saturated carbocycles. The quantitative estimate of drug-likeness (QED) is 0.281. The van der Waals surface area contributed by atoms with Crippen LogP contribution < -0.4 is 0 Å². The van der Waals surface area contributed by atoms with E-state index >= 15 is 0 Å². The molecule has 0 heterocycles. The molecular formula is C30H18O4. The van der Waals surface area contributed by atoms with E-state index in [-0.39, 0.29) is 11.1 Å². The van der Waals surface area contributed by atoms with Gasteiger partial charge in [-0.25, -0.2) is 9.59 Å². The molecule has 4 heteroatoms. The number of carbonyl (C=O) groups is 2. The molecule has 6 rings (SSSR count). The van der Waals surface area contributed by atoms with Crippen molar-refractivity contribution in [2.75, 3.05) is 0 Å². The van der Waals surface area contributed by atoms with E-state index in [1.807, 2.05) is 60.7 Å². The third-order valence-electron chi connectivity index (χ3n) is 6.47. The normalized spacial score (nSPS) is 11.4. The molecule has 0 aliphatic carbocycles. The van der Waals surface area contributed by atoms with Crippen molar-refractivity contribution in [3.63, 3.8) is 0 Å².